The summed E-state index contributed by atoms with van der Waals surface area (Å²) in [5.74, 6) is 1.21. The van der Waals surface area contributed by atoms with Crippen molar-refractivity contribution in [3.8, 4) is 0 Å². The third-order valence-electron chi connectivity index (χ3n) is 3.53. The van der Waals surface area contributed by atoms with Gasteiger partial charge in [-0.05, 0) is 11.5 Å². The fourth-order valence-corrected chi connectivity index (χ4v) is 2.36. The molecule has 0 saturated heterocycles. The molecule has 0 bridgehead atoms. The Bertz CT molecular complexity index is 526. The standard InChI is InChI=1S/C16H22N2O3/c1-10(2)12-15(20-3)18-13(16(17-12)21-4)14(19)11-8-6-5-7-9-11/h5-10,12-14,19H,1-4H3/t12-,13+,14-/m1/s1. The number of aliphatic hydroxyl groups is 1. The van der Waals surface area contributed by atoms with Gasteiger partial charge < -0.3 is 14.6 Å². The van der Waals surface area contributed by atoms with Crippen molar-refractivity contribution in [1.29, 1.82) is 0 Å². The number of benzene rings is 1. The smallest absolute Gasteiger partial charge is 0.212 e. The van der Waals surface area contributed by atoms with E-state index in [0.717, 1.165) is 5.56 Å². The van der Waals surface area contributed by atoms with Gasteiger partial charge in [0.15, 0.2) is 6.04 Å². The van der Waals surface area contributed by atoms with Crippen LogP contribution in [-0.4, -0.2) is 43.2 Å². The molecule has 1 aliphatic heterocycles. The van der Waals surface area contributed by atoms with Crippen LogP contribution in [0, 0.1) is 5.92 Å². The molecule has 0 spiro atoms. The van der Waals surface area contributed by atoms with Crippen molar-refractivity contribution in [1.82, 2.24) is 0 Å². The van der Waals surface area contributed by atoms with Crippen molar-refractivity contribution in [3.05, 3.63) is 35.9 Å². The largest absolute Gasteiger partial charge is 0.483 e. The molecule has 0 radical (unpaired) electrons. The summed E-state index contributed by atoms with van der Waals surface area (Å²) >= 11 is 0. The fraction of sp³-hybridized carbons (Fsp3) is 0.500. The highest BCUT2D eigenvalue weighted by atomic mass is 16.5. The van der Waals surface area contributed by atoms with Gasteiger partial charge in [0.2, 0.25) is 11.8 Å². The lowest BCUT2D eigenvalue weighted by molar-refractivity contribution is 0.155. The molecule has 2 rings (SSSR count). The molecular formula is C16H22N2O3. The minimum absolute atomic E-state index is 0.177. The molecule has 0 aliphatic carbocycles. The van der Waals surface area contributed by atoms with Crippen molar-refractivity contribution in [3.63, 3.8) is 0 Å². The van der Waals surface area contributed by atoms with E-state index >= 15 is 0 Å². The molecule has 1 aliphatic rings. The minimum atomic E-state index is -0.817. The van der Waals surface area contributed by atoms with Gasteiger partial charge in [-0.25, -0.2) is 9.98 Å². The van der Waals surface area contributed by atoms with Gasteiger partial charge in [0.25, 0.3) is 0 Å². The zero-order valence-corrected chi connectivity index (χ0v) is 12.9. The summed E-state index contributed by atoms with van der Waals surface area (Å²) in [5.41, 5.74) is 0.773. The second-order valence-electron chi connectivity index (χ2n) is 5.33. The van der Waals surface area contributed by atoms with Gasteiger partial charge in [0, 0.05) is 0 Å². The number of hydrogen-bond donors (Lipinski definition) is 1. The maximum absolute atomic E-state index is 10.6. The first-order chi connectivity index (χ1) is 10.1. The quantitative estimate of drug-likeness (QED) is 0.928. The van der Waals surface area contributed by atoms with E-state index in [1.165, 1.54) is 0 Å². The Balaban J connectivity index is 2.34. The lowest BCUT2D eigenvalue weighted by Gasteiger charge is -2.29. The first-order valence-electron chi connectivity index (χ1n) is 7.04. The van der Waals surface area contributed by atoms with Crippen molar-refractivity contribution in [2.45, 2.75) is 32.0 Å². The van der Waals surface area contributed by atoms with Crippen molar-refractivity contribution < 1.29 is 14.6 Å². The number of ether oxygens (including phenoxy) is 2. The SMILES string of the molecule is COC1=N[C@H](C(C)C)C(OC)=N[C@H]1[C@H](O)c1ccccc1. The number of hydrogen-bond acceptors (Lipinski definition) is 5. The Morgan fingerprint density at radius 3 is 2.00 bits per heavy atom. The molecule has 0 fully saturated rings. The van der Waals surface area contributed by atoms with Gasteiger partial charge in [0.1, 0.15) is 12.1 Å². The number of methoxy groups -OCH3 is 2. The van der Waals surface area contributed by atoms with Crippen LogP contribution in [0.2, 0.25) is 0 Å². The van der Waals surface area contributed by atoms with E-state index in [-0.39, 0.29) is 12.0 Å². The number of aliphatic imine (C=N–C) groups is 2. The predicted octanol–water partition coefficient (Wildman–Crippen LogP) is 2.22. The third-order valence-corrected chi connectivity index (χ3v) is 3.53. The molecule has 0 amide bonds. The van der Waals surface area contributed by atoms with E-state index in [1.807, 2.05) is 44.2 Å². The van der Waals surface area contributed by atoms with Gasteiger partial charge in [0.05, 0.1) is 14.2 Å². The second kappa shape index (κ2) is 6.72. The maximum Gasteiger partial charge on any atom is 0.212 e. The van der Waals surface area contributed by atoms with Crippen LogP contribution < -0.4 is 0 Å². The van der Waals surface area contributed by atoms with Gasteiger partial charge >= 0.3 is 0 Å². The van der Waals surface area contributed by atoms with Crippen LogP contribution in [0.5, 0.6) is 0 Å². The highest BCUT2D eigenvalue weighted by molar-refractivity contribution is 5.94. The first-order valence-corrected chi connectivity index (χ1v) is 7.04. The molecule has 21 heavy (non-hydrogen) atoms. The van der Waals surface area contributed by atoms with Crippen LogP contribution in [0.15, 0.2) is 40.3 Å². The summed E-state index contributed by atoms with van der Waals surface area (Å²) in [6.45, 7) is 4.09. The highest BCUT2D eigenvalue weighted by Gasteiger charge is 2.35. The Kier molecular flexibility index (Phi) is 4.96. The average molecular weight is 290 g/mol. The van der Waals surface area contributed by atoms with Crippen molar-refractivity contribution >= 4 is 11.8 Å². The van der Waals surface area contributed by atoms with Gasteiger partial charge in [-0.3, -0.25) is 0 Å². The van der Waals surface area contributed by atoms with Crippen LogP contribution in [-0.2, 0) is 9.47 Å². The minimum Gasteiger partial charge on any atom is -0.483 e. The molecule has 1 aromatic rings. The average Bonchev–Trinajstić information content (AvgIpc) is 2.53. The van der Waals surface area contributed by atoms with Crippen molar-refractivity contribution in [2.24, 2.45) is 15.9 Å². The summed E-state index contributed by atoms with van der Waals surface area (Å²) in [5, 5.41) is 10.6. The van der Waals surface area contributed by atoms with Crippen LogP contribution in [0.1, 0.15) is 25.5 Å². The van der Waals surface area contributed by atoms with Gasteiger partial charge in [-0.2, -0.15) is 0 Å². The summed E-state index contributed by atoms with van der Waals surface area (Å²) in [6.07, 6.45) is -0.817. The molecule has 1 aromatic carbocycles. The highest BCUT2D eigenvalue weighted by Crippen LogP contribution is 2.26. The third kappa shape index (κ3) is 3.24. The predicted molar refractivity (Wildman–Crippen MR) is 82.7 cm³/mol. The van der Waals surface area contributed by atoms with E-state index in [4.69, 9.17) is 9.47 Å². The molecule has 5 nitrogen and oxygen atoms in total. The summed E-state index contributed by atoms with van der Waals surface area (Å²) in [4.78, 5) is 9.08. The zero-order valence-electron chi connectivity index (χ0n) is 12.9. The first kappa shape index (κ1) is 15.5. The second-order valence-corrected chi connectivity index (χ2v) is 5.33. The molecule has 0 saturated carbocycles. The topological polar surface area (TPSA) is 63.4 Å². The summed E-state index contributed by atoms with van der Waals surface area (Å²) in [7, 11) is 3.13. The molecule has 1 N–H and O–H groups in total. The normalized spacial score (nSPS) is 23.3. The van der Waals surface area contributed by atoms with E-state index in [0.29, 0.717) is 11.8 Å². The van der Waals surface area contributed by atoms with Crippen LogP contribution in [0.25, 0.3) is 0 Å². The number of aliphatic hydroxyl groups excluding tert-OH is 1. The molecular weight excluding hydrogens is 268 g/mol. The zero-order chi connectivity index (χ0) is 15.4. The molecule has 0 aromatic heterocycles. The fourth-order valence-electron chi connectivity index (χ4n) is 2.36. The Morgan fingerprint density at radius 2 is 1.48 bits per heavy atom. The van der Waals surface area contributed by atoms with E-state index in [9.17, 15) is 5.11 Å². The van der Waals surface area contributed by atoms with Crippen LogP contribution in [0.3, 0.4) is 0 Å². The molecule has 1 heterocycles. The maximum atomic E-state index is 10.6. The van der Waals surface area contributed by atoms with Crippen molar-refractivity contribution in [2.75, 3.05) is 14.2 Å². The molecule has 114 valence electrons. The van der Waals surface area contributed by atoms with Crippen LogP contribution >= 0.6 is 0 Å². The Morgan fingerprint density at radius 1 is 0.952 bits per heavy atom. The van der Waals surface area contributed by atoms with Gasteiger partial charge in [-0.15, -0.1) is 0 Å². The molecule has 3 atom stereocenters. The van der Waals surface area contributed by atoms with Gasteiger partial charge in [-0.1, -0.05) is 44.2 Å². The number of rotatable bonds is 3. The van der Waals surface area contributed by atoms with E-state index in [2.05, 4.69) is 9.98 Å². The lowest BCUT2D eigenvalue weighted by Crippen LogP contribution is -2.40. The summed E-state index contributed by atoms with van der Waals surface area (Å²) in [6, 6.07) is 8.61. The lowest BCUT2D eigenvalue weighted by atomic mass is 9.98. The van der Waals surface area contributed by atoms with Crippen LogP contribution in [0.4, 0.5) is 0 Å². The Labute approximate surface area is 125 Å². The monoisotopic (exact) mass is 290 g/mol. The Hall–Kier alpha value is -1.88. The molecule has 5 heteroatoms. The summed E-state index contributed by atoms with van der Waals surface area (Å²) < 4.78 is 10.7. The van der Waals surface area contributed by atoms with E-state index in [1.54, 1.807) is 14.2 Å². The molecule has 0 unspecified atom stereocenters. The van der Waals surface area contributed by atoms with E-state index < -0.39 is 12.1 Å². The number of nitrogens with zero attached hydrogens (tertiary/aromatic N) is 2.